The first-order valence-electron chi connectivity index (χ1n) is 6.25. The highest BCUT2D eigenvalue weighted by Gasteiger charge is 2.41. The van der Waals surface area contributed by atoms with Crippen LogP contribution in [0.1, 0.15) is 43.0 Å². The molecule has 0 radical (unpaired) electrons. The van der Waals surface area contributed by atoms with Gasteiger partial charge < -0.3 is 11.1 Å². The van der Waals surface area contributed by atoms with Crippen LogP contribution in [0.25, 0.3) is 0 Å². The van der Waals surface area contributed by atoms with Gasteiger partial charge in [-0.2, -0.15) is 0 Å². The summed E-state index contributed by atoms with van der Waals surface area (Å²) in [6.45, 7) is 2.91. The van der Waals surface area contributed by atoms with E-state index in [0.717, 1.165) is 13.0 Å². The summed E-state index contributed by atoms with van der Waals surface area (Å²) in [7, 11) is 0. The van der Waals surface area contributed by atoms with E-state index >= 15 is 0 Å². The van der Waals surface area contributed by atoms with Crippen molar-refractivity contribution in [2.75, 3.05) is 12.3 Å². The molecule has 1 saturated carbocycles. The fourth-order valence-corrected chi connectivity index (χ4v) is 2.33. The van der Waals surface area contributed by atoms with E-state index in [-0.39, 0.29) is 11.7 Å². The number of halogens is 1. The second-order valence-electron chi connectivity index (χ2n) is 5.02. The highest BCUT2D eigenvalue weighted by atomic mass is 35.5. The topological polar surface area (TPSA) is 68.0 Å². The van der Waals surface area contributed by atoms with Crippen molar-refractivity contribution in [3.8, 4) is 0 Å². The summed E-state index contributed by atoms with van der Waals surface area (Å²) in [5, 5.41) is 3.27. The molecule has 98 valence electrons. The smallest absolute Gasteiger partial charge is 0.252 e. The zero-order chi connectivity index (χ0) is 13.2. The summed E-state index contributed by atoms with van der Waals surface area (Å²) < 4.78 is 0. The van der Waals surface area contributed by atoms with Crippen LogP contribution >= 0.6 is 11.6 Å². The number of carbonyl (C=O) groups excluding carboxylic acids is 1. The Morgan fingerprint density at radius 1 is 1.61 bits per heavy atom. The molecule has 1 heterocycles. The van der Waals surface area contributed by atoms with E-state index in [0.29, 0.717) is 16.0 Å². The summed E-state index contributed by atoms with van der Waals surface area (Å²) in [6.07, 6.45) is 6.21. The third-order valence-electron chi connectivity index (χ3n) is 3.49. The number of aromatic nitrogens is 1. The number of nitrogen functional groups attached to an aromatic ring is 1. The number of rotatable bonds is 5. The maximum Gasteiger partial charge on any atom is 0.252 e. The molecule has 0 bridgehead atoms. The van der Waals surface area contributed by atoms with Gasteiger partial charge in [-0.3, -0.25) is 4.79 Å². The number of nitrogens with two attached hydrogens (primary N) is 1. The number of pyridine rings is 1. The van der Waals surface area contributed by atoms with Gasteiger partial charge in [0.15, 0.2) is 0 Å². The number of hydrogen-bond donors (Lipinski definition) is 2. The maximum atomic E-state index is 11.9. The van der Waals surface area contributed by atoms with E-state index in [1.165, 1.54) is 25.5 Å². The molecule has 3 N–H and O–H groups in total. The Balaban J connectivity index is 1.93. The van der Waals surface area contributed by atoms with Crippen LogP contribution in [0.4, 0.5) is 5.82 Å². The highest BCUT2D eigenvalue weighted by molar-refractivity contribution is 6.33. The minimum absolute atomic E-state index is 0.133. The van der Waals surface area contributed by atoms with Crippen LogP contribution in [0.15, 0.2) is 12.3 Å². The monoisotopic (exact) mass is 267 g/mol. The Labute approximate surface area is 112 Å². The summed E-state index contributed by atoms with van der Waals surface area (Å²) in [6, 6.07) is 1.55. The number of anilines is 1. The minimum Gasteiger partial charge on any atom is -0.382 e. The molecule has 1 aliphatic rings. The van der Waals surface area contributed by atoms with Crippen LogP contribution in [-0.4, -0.2) is 17.4 Å². The molecule has 0 atom stereocenters. The van der Waals surface area contributed by atoms with E-state index in [2.05, 4.69) is 17.2 Å². The van der Waals surface area contributed by atoms with Crippen LogP contribution in [0.3, 0.4) is 0 Å². The van der Waals surface area contributed by atoms with Gasteiger partial charge in [0.05, 0.1) is 10.6 Å². The van der Waals surface area contributed by atoms with Gasteiger partial charge in [-0.15, -0.1) is 0 Å². The molecular weight excluding hydrogens is 250 g/mol. The standard InChI is InChI=1S/C13H18ClN3O/c1-2-3-13(4-5-13)8-17-12(18)9-6-10(14)11(15)16-7-9/h6-7H,2-5,8H2,1H3,(H2,15,16)(H,17,18). The maximum absolute atomic E-state index is 11.9. The van der Waals surface area contributed by atoms with Crippen molar-refractivity contribution in [2.24, 2.45) is 5.41 Å². The summed E-state index contributed by atoms with van der Waals surface area (Å²) in [5.74, 6) is 0.115. The van der Waals surface area contributed by atoms with Crippen molar-refractivity contribution >= 4 is 23.3 Å². The third kappa shape index (κ3) is 2.93. The second kappa shape index (κ2) is 5.14. The predicted molar refractivity (Wildman–Crippen MR) is 72.6 cm³/mol. The van der Waals surface area contributed by atoms with Crippen LogP contribution in [-0.2, 0) is 0 Å². The van der Waals surface area contributed by atoms with Crippen molar-refractivity contribution in [2.45, 2.75) is 32.6 Å². The predicted octanol–water partition coefficient (Wildman–Crippen LogP) is 2.63. The van der Waals surface area contributed by atoms with Gasteiger partial charge >= 0.3 is 0 Å². The Bertz CT molecular complexity index is 458. The number of hydrogen-bond acceptors (Lipinski definition) is 3. The molecule has 1 aromatic heterocycles. The molecule has 5 heteroatoms. The molecule has 0 aliphatic heterocycles. The van der Waals surface area contributed by atoms with E-state index in [4.69, 9.17) is 17.3 Å². The number of carbonyl (C=O) groups is 1. The molecule has 1 aromatic rings. The first-order valence-corrected chi connectivity index (χ1v) is 6.63. The van der Waals surface area contributed by atoms with Gasteiger partial charge in [0.2, 0.25) is 0 Å². The Hall–Kier alpha value is -1.29. The van der Waals surface area contributed by atoms with Gasteiger partial charge in [-0.05, 0) is 30.7 Å². The lowest BCUT2D eigenvalue weighted by Crippen LogP contribution is -2.30. The van der Waals surface area contributed by atoms with Gasteiger partial charge in [-0.25, -0.2) is 4.98 Å². The van der Waals surface area contributed by atoms with Crippen LogP contribution < -0.4 is 11.1 Å². The average Bonchev–Trinajstić information content (AvgIpc) is 3.11. The molecule has 0 unspecified atom stereocenters. The van der Waals surface area contributed by atoms with Gasteiger partial charge in [0.1, 0.15) is 5.82 Å². The fourth-order valence-electron chi connectivity index (χ4n) is 2.16. The molecule has 1 amide bonds. The molecule has 0 saturated heterocycles. The zero-order valence-electron chi connectivity index (χ0n) is 10.5. The SMILES string of the molecule is CCCC1(CNC(=O)c2cnc(N)c(Cl)c2)CC1. The van der Waals surface area contributed by atoms with E-state index in [1.807, 2.05) is 0 Å². The molecule has 0 aromatic carbocycles. The highest BCUT2D eigenvalue weighted by Crippen LogP contribution is 2.48. The Morgan fingerprint density at radius 2 is 2.33 bits per heavy atom. The van der Waals surface area contributed by atoms with Crippen molar-refractivity contribution in [1.29, 1.82) is 0 Å². The van der Waals surface area contributed by atoms with Crippen molar-refractivity contribution in [3.05, 3.63) is 22.8 Å². The minimum atomic E-state index is -0.133. The summed E-state index contributed by atoms with van der Waals surface area (Å²) in [4.78, 5) is 15.8. The van der Waals surface area contributed by atoms with Crippen molar-refractivity contribution < 1.29 is 4.79 Å². The van der Waals surface area contributed by atoms with Crippen LogP contribution in [0.5, 0.6) is 0 Å². The third-order valence-corrected chi connectivity index (χ3v) is 3.80. The number of amides is 1. The summed E-state index contributed by atoms with van der Waals surface area (Å²) >= 11 is 5.84. The lowest BCUT2D eigenvalue weighted by molar-refractivity contribution is 0.0943. The van der Waals surface area contributed by atoms with Crippen LogP contribution in [0, 0.1) is 5.41 Å². The van der Waals surface area contributed by atoms with Crippen LogP contribution in [0.2, 0.25) is 5.02 Å². The Kier molecular flexibility index (Phi) is 3.76. The largest absolute Gasteiger partial charge is 0.382 e. The summed E-state index contributed by atoms with van der Waals surface area (Å²) in [5.41, 5.74) is 6.31. The first-order chi connectivity index (χ1) is 8.56. The molecule has 2 rings (SSSR count). The lowest BCUT2D eigenvalue weighted by atomic mass is 10.0. The van der Waals surface area contributed by atoms with Gasteiger partial charge in [0.25, 0.3) is 5.91 Å². The van der Waals surface area contributed by atoms with E-state index in [1.54, 1.807) is 6.07 Å². The fraction of sp³-hybridized carbons (Fsp3) is 0.538. The van der Waals surface area contributed by atoms with Gasteiger partial charge in [0, 0.05) is 12.7 Å². The van der Waals surface area contributed by atoms with E-state index in [9.17, 15) is 4.79 Å². The molecule has 4 nitrogen and oxygen atoms in total. The van der Waals surface area contributed by atoms with E-state index < -0.39 is 0 Å². The molecule has 0 spiro atoms. The Morgan fingerprint density at radius 3 is 2.89 bits per heavy atom. The average molecular weight is 268 g/mol. The second-order valence-corrected chi connectivity index (χ2v) is 5.43. The van der Waals surface area contributed by atoms with Crippen molar-refractivity contribution in [3.63, 3.8) is 0 Å². The number of nitrogens with one attached hydrogen (secondary N) is 1. The number of nitrogens with zero attached hydrogens (tertiary/aromatic N) is 1. The zero-order valence-corrected chi connectivity index (χ0v) is 11.3. The normalized spacial score (nSPS) is 16.3. The molecule has 1 aliphatic carbocycles. The molecule has 1 fully saturated rings. The first kappa shape index (κ1) is 13.1. The molecule has 18 heavy (non-hydrogen) atoms. The quantitative estimate of drug-likeness (QED) is 0.862. The lowest BCUT2D eigenvalue weighted by Gasteiger charge is -2.14. The van der Waals surface area contributed by atoms with Crippen molar-refractivity contribution in [1.82, 2.24) is 10.3 Å². The van der Waals surface area contributed by atoms with Gasteiger partial charge in [-0.1, -0.05) is 24.9 Å². The molecular formula is C13H18ClN3O.